The van der Waals surface area contributed by atoms with E-state index in [1.54, 1.807) is 6.20 Å². The van der Waals surface area contributed by atoms with Crippen molar-refractivity contribution in [3.8, 4) is 0 Å². The summed E-state index contributed by atoms with van der Waals surface area (Å²) < 4.78 is 0. The Bertz CT molecular complexity index is 621. The highest BCUT2D eigenvalue weighted by Crippen LogP contribution is 2.15. The molecule has 1 aromatic heterocycles. The molecule has 0 aliphatic carbocycles. The Hall–Kier alpha value is -1.85. The number of rotatable bonds is 6. The number of amides is 1. The molecule has 1 N–H and O–H groups in total. The molecular formula is C18H21N3OS. The number of hydrogen-bond acceptors (Lipinski definition) is 4. The molecule has 4 nitrogen and oxygen atoms in total. The van der Waals surface area contributed by atoms with E-state index >= 15 is 0 Å². The van der Waals surface area contributed by atoms with E-state index in [1.807, 2.05) is 24.3 Å². The van der Waals surface area contributed by atoms with Crippen LogP contribution in [0.5, 0.6) is 0 Å². The SMILES string of the molecule is O=C(CSc1ccccn1)N[C@@H]1CCN(Cc2ccccc2)C1. The molecule has 1 aliphatic heterocycles. The van der Waals surface area contributed by atoms with Gasteiger partial charge in [-0.05, 0) is 24.1 Å². The average molecular weight is 327 g/mol. The summed E-state index contributed by atoms with van der Waals surface area (Å²) in [5, 5.41) is 4.02. The van der Waals surface area contributed by atoms with Crippen molar-refractivity contribution in [1.82, 2.24) is 15.2 Å². The van der Waals surface area contributed by atoms with Crippen molar-refractivity contribution in [2.24, 2.45) is 0 Å². The molecule has 1 fully saturated rings. The van der Waals surface area contributed by atoms with Gasteiger partial charge in [-0.15, -0.1) is 0 Å². The smallest absolute Gasteiger partial charge is 0.230 e. The Kier molecular flexibility index (Phi) is 5.66. The molecule has 1 aromatic carbocycles. The van der Waals surface area contributed by atoms with Crippen LogP contribution in [0.4, 0.5) is 0 Å². The Morgan fingerprint density at radius 2 is 2.04 bits per heavy atom. The first-order chi connectivity index (χ1) is 11.3. The molecule has 0 unspecified atom stereocenters. The molecule has 3 rings (SSSR count). The maximum Gasteiger partial charge on any atom is 0.230 e. The quantitative estimate of drug-likeness (QED) is 0.828. The lowest BCUT2D eigenvalue weighted by molar-refractivity contribution is -0.119. The minimum atomic E-state index is 0.0900. The standard InChI is InChI=1S/C18H21N3OS/c22-17(14-23-18-8-4-5-10-19-18)20-16-9-11-21(13-16)12-15-6-2-1-3-7-15/h1-8,10,16H,9,11-14H2,(H,20,22)/t16-/m1/s1. The largest absolute Gasteiger partial charge is 0.351 e. The number of nitrogens with zero attached hydrogens (tertiary/aromatic N) is 2. The van der Waals surface area contributed by atoms with Crippen LogP contribution in [0.3, 0.4) is 0 Å². The fraction of sp³-hybridized carbons (Fsp3) is 0.333. The van der Waals surface area contributed by atoms with Crippen LogP contribution in [0.1, 0.15) is 12.0 Å². The molecule has 0 saturated carbocycles. The van der Waals surface area contributed by atoms with Gasteiger partial charge in [0.15, 0.2) is 0 Å². The average Bonchev–Trinajstić information content (AvgIpc) is 3.02. The summed E-state index contributed by atoms with van der Waals surface area (Å²) in [5.41, 5.74) is 1.32. The summed E-state index contributed by atoms with van der Waals surface area (Å²) in [7, 11) is 0. The topological polar surface area (TPSA) is 45.2 Å². The summed E-state index contributed by atoms with van der Waals surface area (Å²) in [4.78, 5) is 18.7. The van der Waals surface area contributed by atoms with E-state index in [0.29, 0.717) is 5.75 Å². The molecule has 0 radical (unpaired) electrons. The van der Waals surface area contributed by atoms with Crippen molar-refractivity contribution in [2.45, 2.75) is 24.0 Å². The number of pyridine rings is 1. The number of carbonyl (C=O) groups is 1. The molecule has 1 saturated heterocycles. The highest BCUT2D eigenvalue weighted by atomic mass is 32.2. The van der Waals surface area contributed by atoms with Gasteiger partial charge in [-0.3, -0.25) is 9.69 Å². The van der Waals surface area contributed by atoms with Crippen molar-refractivity contribution in [3.05, 3.63) is 60.3 Å². The van der Waals surface area contributed by atoms with Crippen molar-refractivity contribution in [3.63, 3.8) is 0 Å². The molecule has 0 spiro atoms. The van der Waals surface area contributed by atoms with Crippen LogP contribution in [0, 0.1) is 0 Å². The molecular weight excluding hydrogens is 306 g/mol. The summed E-state index contributed by atoms with van der Waals surface area (Å²) in [6.45, 7) is 2.91. The Morgan fingerprint density at radius 1 is 1.22 bits per heavy atom. The molecule has 23 heavy (non-hydrogen) atoms. The third-order valence-electron chi connectivity index (χ3n) is 3.88. The number of aromatic nitrogens is 1. The Balaban J connectivity index is 1.40. The van der Waals surface area contributed by atoms with Gasteiger partial charge in [-0.1, -0.05) is 48.2 Å². The zero-order valence-electron chi connectivity index (χ0n) is 13.0. The van der Waals surface area contributed by atoms with Gasteiger partial charge in [0.2, 0.25) is 5.91 Å². The third-order valence-corrected chi connectivity index (χ3v) is 4.82. The summed E-state index contributed by atoms with van der Waals surface area (Å²) in [5.74, 6) is 0.513. The number of likely N-dealkylation sites (tertiary alicyclic amines) is 1. The monoisotopic (exact) mass is 327 g/mol. The fourth-order valence-electron chi connectivity index (χ4n) is 2.78. The highest BCUT2D eigenvalue weighted by molar-refractivity contribution is 7.99. The first-order valence-corrected chi connectivity index (χ1v) is 8.87. The predicted molar refractivity (Wildman–Crippen MR) is 93.2 cm³/mol. The molecule has 0 bridgehead atoms. The highest BCUT2D eigenvalue weighted by Gasteiger charge is 2.23. The fourth-order valence-corrected chi connectivity index (χ4v) is 3.45. The molecule has 1 aliphatic rings. The molecule has 2 heterocycles. The normalized spacial score (nSPS) is 18.0. The van der Waals surface area contributed by atoms with Crippen molar-refractivity contribution < 1.29 is 4.79 Å². The lowest BCUT2D eigenvalue weighted by Crippen LogP contribution is -2.38. The molecule has 5 heteroatoms. The summed E-state index contributed by atoms with van der Waals surface area (Å²) in [6.07, 6.45) is 2.77. The van der Waals surface area contributed by atoms with Crippen LogP contribution in [0.25, 0.3) is 0 Å². The van der Waals surface area contributed by atoms with Gasteiger partial charge in [0, 0.05) is 31.9 Å². The second-order valence-corrected chi connectivity index (χ2v) is 6.73. The van der Waals surface area contributed by atoms with Gasteiger partial charge < -0.3 is 5.32 Å². The van der Waals surface area contributed by atoms with E-state index in [-0.39, 0.29) is 11.9 Å². The second-order valence-electron chi connectivity index (χ2n) is 5.73. The first-order valence-electron chi connectivity index (χ1n) is 7.89. The van der Waals surface area contributed by atoms with Gasteiger partial charge in [0.05, 0.1) is 10.8 Å². The minimum absolute atomic E-state index is 0.0900. The van der Waals surface area contributed by atoms with Crippen molar-refractivity contribution in [2.75, 3.05) is 18.8 Å². The zero-order valence-corrected chi connectivity index (χ0v) is 13.8. The van der Waals surface area contributed by atoms with Crippen molar-refractivity contribution >= 4 is 17.7 Å². The number of carbonyl (C=O) groups excluding carboxylic acids is 1. The van der Waals surface area contributed by atoms with E-state index in [0.717, 1.165) is 31.1 Å². The zero-order chi connectivity index (χ0) is 15.9. The van der Waals surface area contributed by atoms with E-state index in [4.69, 9.17) is 0 Å². The van der Waals surface area contributed by atoms with E-state index in [1.165, 1.54) is 17.3 Å². The maximum absolute atomic E-state index is 12.1. The predicted octanol–water partition coefficient (Wildman–Crippen LogP) is 2.56. The number of benzene rings is 1. The van der Waals surface area contributed by atoms with Crippen molar-refractivity contribution in [1.29, 1.82) is 0 Å². The van der Waals surface area contributed by atoms with Crippen LogP contribution in [0.15, 0.2) is 59.8 Å². The van der Waals surface area contributed by atoms with Crippen LogP contribution < -0.4 is 5.32 Å². The lowest BCUT2D eigenvalue weighted by atomic mass is 10.2. The maximum atomic E-state index is 12.1. The van der Waals surface area contributed by atoms with Crippen LogP contribution in [0.2, 0.25) is 0 Å². The van der Waals surface area contributed by atoms with Gasteiger partial charge in [0.25, 0.3) is 0 Å². The second kappa shape index (κ2) is 8.13. The van der Waals surface area contributed by atoms with Gasteiger partial charge in [0.1, 0.15) is 0 Å². The van der Waals surface area contributed by atoms with Gasteiger partial charge >= 0.3 is 0 Å². The van der Waals surface area contributed by atoms with E-state index < -0.39 is 0 Å². The summed E-state index contributed by atoms with van der Waals surface area (Å²) in [6, 6.07) is 16.5. The summed E-state index contributed by atoms with van der Waals surface area (Å²) >= 11 is 1.48. The number of nitrogens with one attached hydrogen (secondary N) is 1. The van der Waals surface area contributed by atoms with Gasteiger partial charge in [-0.25, -0.2) is 4.98 Å². The third kappa shape index (κ3) is 5.08. The Morgan fingerprint density at radius 3 is 2.83 bits per heavy atom. The lowest BCUT2D eigenvalue weighted by Gasteiger charge is -2.16. The molecule has 1 atom stereocenters. The number of hydrogen-bond donors (Lipinski definition) is 1. The number of thioether (sulfide) groups is 1. The Labute approximate surface area is 141 Å². The minimum Gasteiger partial charge on any atom is -0.351 e. The van der Waals surface area contributed by atoms with E-state index in [9.17, 15) is 4.79 Å². The van der Waals surface area contributed by atoms with Crippen LogP contribution in [-0.2, 0) is 11.3 Å². The molecule has 120 valence electrons. The molecule has 1 amide bonds. The van der Waals surface area contributed by atoms with E-state index in [2.05, 4.69) is 39.5 Å². The van der Waals surface area contributed by atoms with Gasteiger partial charge in [-0.2, -0.15) is 0 Å². The molecule has 2 aromatic rings. The van der Waals surface area contributed by atoms with Crippen LogP contribution in [-0.4, -0.2) is 40.7 Å². The first kappa shape index (κ1) is 16.0. The van der Waals surface area contributed by atoms with Crippen LogP contribution >= 0.6 is 11.8 Å².